The highest BCUT2D eigenvalue weighted by Gasteiger charge is 2.19. The molecule has 0 spiro atoms. The van der Waals surface area contributed by atoms with Gasteiger partial charge in [0.25, 0.3) is 0 Å². The molecule has 5 heteroatoms. The monoisotopic (exact) mass is 265 g/mol. The lowest BCUT2D eigenvalue weighted by molar-refractivity contribution is 0.323. The van der Waals surface area contributed by atoms with Crippen molar-refractivity contribution in [3.05, 3.63) is 27.9 Å². The lowest BCUT2D eigenvalue weighted by atomic mass is 10.3. The first-order valence-electron chi connectivity index (χ1n) is 5.76. The van der Waals surface area contributed by atoms with Crippen LogP contribution in [0, 0.1) is 0 Å². The molecule has 90 valence electrons. The number of nitrogens with zero attached hydrogens (tertiary/aromatic N) is 2. The Balaban J connectivity index is 1.69. The van der Waals surface area contributed by atoms with Crippen molar-refractivity contribution in [1.82, 2.24) is 9.88 Å². The van der Waals surface area contributed by atoms with Gasteiger partial charge in [-0.15, -0.1) is 11.3 Å². The zero-order chi connectivity index (χ0) is 11.7. The Labute approximate surface area is 109 Å². The molecule has 1 saturated heterocycles. The highest BCUT2D eigenvalue weighted by molar-refractivity contribution is 7.14. The van der Waals surface area contributed by atoms with Crippen LogP contribution < -0.4 is 5.73 Å². The van der Waals surface area contributed by atoms with Gasteiger partial charge in [-0.2, -0.15) is 11.3 Å². The van der Waals surface area contributed by atoms with Gasteiger partial charge in [0, 0.05) is 42.0 Å². The Morgan fingerprint density at radius 3 is 3.12 bits per heavy atom. The summed E-state index contributed by atoms with van der Waals surface area (Å²) >= 11 is 3.45. The van der Waals surface area contributed by atoms with Crippen molar-refractivity contribution in [2.24, 2.45) is 5.73 Å². The SMILES string of the molecule is N[C@H]1CCN(Cc2csc(-c3ccsc3)n2)C1. The van der Waals surface area contributed by atoms with E-state index >= 15 is 0 Å². The molecule has 0 aliphatic carbocycles. The summed E-state index contributed by atoms with van der Waals surface area (Å²) in [4.78, 5) is 7.07. The van der Waals surface area contributed by atoms with E-state index in [0.29, 0.717) is 6.04 Å². The minimum atomic E-state index is 0.352. The lowest BCUT2D eigenvalue weighted by Gasteiger charge is -2.12. The van der Waals surface area contributed by atoms with E-state index in [1.54, 1.807) is 22.7 Å². The summed E-state index contributed by atoms with van der Waals surface area (Å²) in [6, 6.07) is 2.48. The van der Waals surface area contributed by atoms with Gasteiger partial charge in [-0.1, -0.05) is 0 Å². The Bertz CT molecular complexity index is 478. The maximum absolute atomic E-state index is 5.90. The van der Waals surface area contributed by atoms with Gasteiger partial charge in [0.1, 0.15) is 5.01 Å². The van der Waals surface area contributed by atoms with Gasteiger partial charge in [0.15, 0.2) is 0 Å². The van der Waals surface area contributed by atoms with Crippen molar-refractivity contribution >= 4 is 22.7 Å². The third-order valence-corrected chi connectivity index (χ3v) is 4.64. The summed E-state index contributed by atoms with van der Waals surface area (Å²) in [5.41, 5.74) is 8.31. The fourth-order valence-electron chi connectivity index (χ4n) is 2.13. The summed E-state index contributed by atoms with van der Waals surface area (Å²) in [6.07, 6.45) is 1.11. The van der Waals surface area contributed by atoms with Crippen LogP contribution in [0.5, 0.6) is 0 Å². The minimum absolute atomic E-state index is 0.352. The van der Waals surface area contributed by atoms with Crippen molar-refractivity contribution in [1.29, 1.82) is 0 Å². The molecule has 2 aromatic heterocycles. The average Bonchev–Trinajstić information content (AvgIpc) is 3.00. The predicted molar refractivity (Wildman–Crippen MR) is 73.3 cm³/mol. The standard InChI is InChI=1S/C12H15N3S2/c13-10-1-3-15(5-10)6-11-8-17-12(14-11)9-2-4-16-7-9/h2,4,7-8,10H,1,3,5-6,13H2/t10-/m0/s1. The number of thiazole rings is 1. The lowest BCUT2D eigenvalue weighted by Crippen LogP contribution is -2.26. The van der Waals surface area contributed by atoms with Gasteiger partial charge in [0.05, 0.1) is 5.69 Å². The largest absolute Gasteiger partial charge is 0.326 e. The highest BCUT2D eigenvalue weighted by Crippen LogP contribution is 2.26. The van der Waals surface area contributed by atoms with Crippen LogP contribution in [-0.4, -0.2) is 29.0 Å². The Hall–Kier alpha value is -0.750. The molecule has 1 atom stereocenters. The summed E-state index contributed by atoms with van der Waals surface area (Å²) in [7, 11) is 0. The van der Waals surface area contributed by atoms with Gasteiger partial charge >= 0.3 is 0 Å². The van der Waals surface area contributed by atoms with E-state index in [-0.39, 0.29) is 0 Å². The van der Waals surface area contributed by atoms with Crippen LogP contribution in [-0.2, 0) is 6.54 Å². The Morgan fingerprint density at radius 1 is 1.47 bits per heavy atom. The maximum atomic E-state index is 5.90. The van der Waals surface area contributed by atoms with E-state index in [1.807, 2.05) is 0 Å². The number of likely N-dealkylation sites (tertiary alicyclic amines) is 1. The molecule has 0 radical (unpaired) electrons. The average molecular weight is 265 g/mol. The molecule has 1 aliphatic rings. The number of thiophene rings is 1. The van der Waals surface area contributed by atoms with Crippen LogP contribution in [0.4, 0.5) is 0 Å². The third-order valence-electron chi connectivity index (χ3n) is 3.01. The molecule has 3 rings (SSSR count). The quantitative estimate of drug-likeness (QED) is 0.926. The summed E-state index contributed by atoms with van der Waals surface area (Å²) < 4.78 is 0. The second kappa shape index (κ2) is 4.86. The zero-order valence-electron chi connectivity index (χ0n) is 9.50. The fourth-order valence-corrected chi connectivity index (χ4v) is 3.66. The van der Waals surface area contributed by atoms with E-state index in [2.05, 4.69) is 32.1 Å². The van der Waals surface area contributed by atoms with Crippen molar-refractivity contribution in [2.75, 3.05) is 13.1 Å². The number of hydrogen-bond acceptors (Lipinski definition) is 5. The number of nitrogens with two attached hydrogens (primary N) is 1. The molecule has 0 aromatic carbocycles. The molecular weight excluding hydrogens is 250 g/mol. The second-order valence-corrected chi connectivity index (χ2v) is 6.08. The van der Waals surface area contributed by atoms with Crippen LogP contribution in [0.2, 0.25) is 0 Å². The first-order valence-corrected chi connectivity index (χ1v) is 7.58. The van der Waals surface area contributed by atoms with E-state index < -0.39 is 0 Å². The molecule has 1 aliphatic heterocycles. The third kappa shape index (κ3) is 2.57. The van der Waals surface area contributed by atoms with E-state index in [1.165, 1.54) is 11.3 Å². The maximum Gasteiger partial charge on any atom is 0.124 e. The minimum Gasteiger partial charge on any atom is -0.326 e. The van der Waals surface area contributed by atoms with Crippen molar-refractivity contribution < 1.29 is 0 Å². The number of rotatable bonds is 3. The van der Waals surface area contributed by atoms with Gasteiger partial charge in [-0.05, 0) is 17.9 Å². The molecule has 3 heterocycles. The van der Waals surface area contributed by atoms with Crippen molar-refractivity contribution in [2.45, 2.75) is 19.0 Å². The molecule has 3 nitrogen and oxygen atoms in total. The van der Waals surface area contributed by atoms with Crippen LogP contribution >= 0.6 is 22.7 Å². The van der Waals surface area contributed by atoms with Crippen LogP contribution in [0.15, 0.2) is 22.2 Å². The molecule has 0 bridgehead atoms. The summed E-state index contributed by atoms with van der Waals surface area (Å²) in [6.45, 7) is 3.05. The normalized spacial score (nSPS) is 21.1. The smallest absolute Gasteiger partial charge is 0.124 e. The molecule has 2 N–H and O–H groups in total. The van der Waals surface area contributed by atoms with E-state index in [0.717, 1.165) is 31.1 Å². The van der Waals surface area contributed by atoms with Gasteiger partial charge < -0.3 is 5.73 Å². The molecule has 0 unspecified atom stereocenters. The molecule has 2 aromatic rings. The molecular formula is C12H15N3S2. The van der Waals surface area contributed by atoms with Gasteiger partial charge in [-0.3, -0.25) is 4.90 Å². The van der Waals surface area contributed by atoms with Gasteiger partial charge in [0.2, 0.25) is 0 Å². The summed E-state index contributed by atoms with van der Waals surface area (Å²) in [5, 5.41) is 7.53. The second-order valence-electron chi connectivity index (χ2n) is 4.44. The first kappa shape index (κ1) is 11.3. The van der Waals surface area contributed by atoms with E-state index in [4.69, 9.17) is 5.73 Å². The van der Waals surface area contributed by atoms with Crippen molar-refractivity contribution in [3.63, 3.8) is 0 Å². The Kier molecular flexibility index (Phi) is 3.24. The fraction of sp³-hybridized carbons (Fsp3) is 0.417. The molecule has 0 amide bonds. The molecule has 0 saturated carbocycles. The van der Waals surface area contributed by atoms with Crippen molar-refractivity contribution in [3.8, 4) is 10.6 Å². The summed E-state index contributed by atoms with van der Waals surface area (Å²) in [5.74, 6) is 0. The topological polar surface area (TPSA) is 42.1 Å². The Morgan fingerprint density at radius 2 is 2.41 bits per heavy atom. The van der Waals surface area contributed by atoms with Gasteiger partial charge in [-0.25, -0.2) is 4.98 Å². The zero-order valence-corrected chi connectivity index (χ0v) is 11.1. The first-order chi connectivity index (χ1) is 8.31. The highest BCUT2D eigenvalue weighted by atomic mass is 32.1. The predicted octanol–water partition coefficient (Wildman–Crippen LogP) is 2.40. The number of hydrogen-bond donors (Lipinski definition) is 1. The van der Waals surface area contributed by atoms with E-state index in [9.17, 15) is 0 Å². The van der Waals surface area contributed by atoms with Crippen LogP contribution in [0.3, 0.4) is 0 Å². The van der Waals surface area contributed by atoms with Crippen LogP contribution in [0.1, 0.15) is 12.1 Å². The molecule has 1 fully saturated rings. The molecule has 17 heavy (non-hydrogen) atoms. The number of aromatic nitrogens is 1. The van der Waals surface area contributed by atoms with Crippen LogP contribution in [0.25, 0.3) is 10.6 Å².